The second kappa shape index (κ2) is 14.9. The summed E-state index contributed by atoms with van der Waals surface area (Å²) in [5.41, 5.74) is 2.91. The van der Waals surface area contributed by atoms with E-state index in [-0.39, 0.29) is 6.61 Å². The number of β-lactam (4-membered cyclic amide) rings is 1. The van der Waals surface area contributed by atoms with Crippen LogP contribution in [0.2, 0.25) is 0 Å². The lowest BCUT2D eigenvalue weighted by Crippen LogP contribution is -2.73. The molecule has 0 saturated carbocycles. The first-order valence-electron chi connectivity index (χ1n) is 14.8. The molecule has 1 aliphatic heterocycles. The molecule has 0 radical (unpaired) electrons. The van der Waals surface area contributed by atoms with Crippen molar-refractivity contribution >= 4 is 60.9 Å². The van der Waals surface area contributed by atoms with Gasteiger partial charge in [0.1, 0.15) is 17.2 Å². The molecular formula is C36H31N3O5S3. The normalized spacial score (nSPS) is 16.4. The maximum atomic E-state index is 14.0. The summed E-state index contributed by atoms with van der Waals surface area (Å²) in [6, 6.07) is 33.7. The second-order valence-corrected chi connectivity index (χ2v) is 14.4. The number of thiazole rings is 1. The topological polar surface area (TPSA) is 97.8 Å². The molecule has 4 aromatic carbocycles. The summed E-state index contributed by atoms with van der Waals surface area (Å²) in [5.74, 6) is -0.944. The molecule has 2 heterocycles. The highest BCUT2D eigenvalue weighted by Crippen LogP contribution is 2.45. The van der Waals surface area contributed by atoms with Crippen LogP contribution in [0.3, 0.4) is 0 Å². The van der Waals surface area contributed by atoms with Crippen LogP contribution in [0.25, 0.3) is 10.2 Å². The molecule has 1 unspecified atom stereocenters. The Morgan fingerprint density at radius 2 is 1.51 bits per heavy atom. The Morgan fingerprint density at radius 1 is 0.915 bits per heavy atom. The molecule has 1 fully saturated rings. The van der Waals surface area contributed by atoms with E-state index in [1.54, 1.807) is 19.1 Å². The molecule has 5 aromatic rings. The first-order chi connectivity index (χ1) is 22.9. The molecule has 1 saturated heterocycles. The smallest absolute Gasteiger partial charge is 0.334 e. The summed E-state index contributed by atoms with van der Waals surface area (Å²) < 4.78 is 13.6. The van der Waals surface area contributed by atoms with E-state index < -0.39 is 41.3 Å². The Bertz CT molecular complexity index is 1800. The molecule has 0 aliphatic carbocycles. The number of ether oxygens (including phenoxy) is 2. The number of para-hydroxylation sites is 2. The number of nitrogens with zero attached hydrogens (tertiary/aromatic N) is 2. The Morgan fingerprint density at radius 3 is 2.13 bits per heavy atom. The molecule has 8 nitrogen and oxygen atoms in total. The van der Waals surface area contributed by atoms with Gasteiger partial charge in [-0.3, -0.25) is 9.59 Å². The number of benzene rings is 4. The van der Waals surface area contributed by atoms with Crippen molar-refractivity contribution in [1.29, 1.82) is 0 Å². The van der Waals surface area contributed by atoms with E-state index in [1.165, 1.54) is 37.8 Å². The molecule has 47 heavy (non-hydrogen) atoms. The maximum absolute atomic E-state index is 14.0. The van der Waals surface area contributed by atoms with Gasteiger partial charge in [-0.15, -0.1) is 11.3 Å². The van der Waals surface area contributed by atoms with Gasteiger partial charge in [0.25, 0.3) is 5.91 Å². The highest BCUT2D eigenvalue weighted by atomic mass is 33.1. The minimum Gasteiger partial charge on any atom is -0.484 e. The number of hydrogen-bond acceptors (Lipinski definition) is 9. The average molecular weight is 682 g/mol. The molecule has 0 bridgehead atoms. The Balaban J connectivity index is 1.23. The van der Waals surface area contributed by atoms with Crippen LogP contribution in [0.5, 0.6) is 5.75 Å². The minimum atomic E-state index is -1.08. The third kappa shape index (κ3) is 7.54. The van der Waals surface area contributed by atoms with Crippen molar-refractivity contribution in [3.63, 3.8) is 0 Å². The molecule has 1 N–H and O–H groups in total. The SMILES string of the molecule is C=C(C)C(C(=O)OC(c1ccccc1)c1ccccc1)N1C(=O)[C@@H](NC(=O)COc2ccccc2)[C@H]1SSc1nc2ccccc2s1. The van der Waals surface area contributed by atoms with Crippen molar-refractivity contribution in [1.82, 2.24) is 15.2 Å². The van der Waals surface area contributed by atoms with Crippen molar-refractivity contribution in [2.24, 2.45) is 0 Å². The number of fused-ring (bicyclic) bond motifs is 1. The number of amides is 2. The van der Waals surface area contributed by atoms with E-state index in [2.05, 4.69) is 11.9 Å². The quantitative estimate of drug-likeness (QED) is 0.0612. The Labute approximate surface area is 284 Å². The van der Waals surface area contributed by atoms with Crippen LogP contribution in [0.15, 0.2) is 132 Å². The molecule has 1 aliphatic rings. The fourth-order valence-electron chi connectivity index (χ4n) is 5.17. The van der Waals surface area contributed by atoms with Gasteiger partial charge < -0.3 is 19.7 Å². The van der Waals surface area contributed by atoms with Crippen LogP contribution in [0, 0.1) is 0 Å². The number of likely N-dealkylation sites (tertiary alicyclic amines) is 1. The lowest BCUT2D eigenvalue weighted by Gasteiger charge is -2.49. The average Bonchev–Trinajstić information content (AvgIpc) is 3.52. The lowest BCUT2D eigenvalue weighted by molar-refractivity contribution is -0.165. The number of hydrogen-bond donors (Lipinski definition) is 1. The number of carbonyl (C=O) groups excluding carboxylic acids is 3. The van der Waals surface area contributed by atoms with Crippen molar-refractivity contribution in [3.8, 4) is 5.75 Å². The van der Waals surface area contributed by atoms with Crippen LogP contribution < -0.4 is 10.1 Å². The van der Waals surface area contributed by atoms with Gasteiger partial charge in [0.05, 0.1) is 10.2 Å². The first-order valence-corrected chi connectivity index (χ1v) is 17.9. The van der Waals surface area contributed by atoms with Crippen LogP contribution in [0.1, 0.15) is 24.2 Å². The summed E-state index contributed by atoms with van der Waals surface area (Å²) in [4.78, 5) is 46.9. The molecular weight excluding hydrogens is 651 g/mol. The van der Waals surface area contributed by atoms with Gasteiger partial charge >= 0.3 is 5.97 Å². The van der Waals surface area contributed by atoms with E-state index >= 15 is 0 Å². The van der Waals surface area contributed by atoms with Gasteiger partial charge in [0.2, 0.25) is 5.91 Å². The van der Waals surface area contributed by atoms with Crippen LogP contribution in [0.4, 0.5) is 0 Å². The lowest BCUT2D eigenvalue weighted by atomic mass is 9.98. The summed E-state index contributed by atoms with van der Waals surface area (Å²) in [6.07, 6.45) is -0.697. The molecule has 11 heteroatoms. The van der Waals surface area contributed by atoms with Crippen molar-refractivity contribution in [3.05, 3.63) is 139 Å². The van der Waals surface area contributed by atoms with Gasteiger partial charge in [-0.05, 0) is 58.7 Å². The van der Waals surface area contributed by atoms with Gasteiger partial charge in [-0.1, -0.05) is 108 Å². The third-order valence-electron chi connectivity index (χ3n) is 7.41. The van der Waals surface area contributed by atoms with E-state index in [1.807, 2.05) is 103 Å². The number of nitrogens with one attached hydrogen (secondary N) is 1. The van der Waals surface area contributed by atoms with Crippen LogP contribution >= 0.6 is 32.9 Å². The van der Waals surface area contributed by atoms with E-state index in [0.717, 1.165) is 25.7 Å². The monoisotopic (exact) mass is 681 g/mol. The first kappa shape index (κ1) is 32.4. The van der Waals surface area contributed by atoms with E-state index in [9.17, 15) is 14.4 Å². The Hall–Kier alpha value is -4.58. The standard InChI is InChI=1S/C36H31N3O5S3/c1-23(2)31(35(42)44-32(24-14-6-3-7-15-24)25-16-8-4-9-17-25)39-33(41)30(38-29(40)22-43-26-18-10-5-11-19-26)34(39)46-47-36-37-27-20-12-13-21-28(27)45-36/h3-21,30-32,34H,1,22H2,2H3,(H,38,40)/t30-,31?,34-/m1/s1. The maximum Gasteiger partial charge on any atom is 0.334 e. The number of aromatic nitrogens is 1. The minimum absolute atomic E-state index is 0.266. The zero-order valence-corrected chi connectivity index (χ0v) is 27.8. The number of esters is 1. The van der Waals surface area contributed by atoms with Gasteiger partial charge in [0, 0.05) is 0 Å². The Kier molecular flexibility index (Phi) is 10.3. The van der Waals surface area contributed by atoms with E-state index in [4.69, 9.17) is 14.5 Å². The predicted octanol–water partition coefficient (Wildman–Crippen LogP) is 7.05. The van der Waals surface area contributed by atoms with Gasteiger partial charge in [-0.25, -0.2) is 9.78 Å². The highest BCUT2D eigenvalue weighted by molar-refractivity contribution is 8.77. The summed E-state index contributed by atoms with van der Waals surface area (Å²) in [6.45, 7) is 5.50. The fourth-order valence-corrected chi connectivity index (χ4v) is 9.13. The van der Waals surface area contributed by atoms with Crippen molar-refractivity contribution in [2.45, 2.75) is 34.8 Å². The fraction of sp³-hybridized carbons (Fsp3) is 0.167. The molecule has 238 valence electrons. The van der Waals surface area contributed by atoms with Crippen molar-refractivity contribution < 1.29 is 23.9 Å². The highest BCUT2D eigenvalue weighted by Gasteiger charge is 2.54. The number of carbonyl (C=O) groups is 3. The van der Waals surface area contributed by atoms with E-state index in [0.29, 0.717) is 11.3 Å². The van der Waals surface area contributed by atoms with Gasteiger partial charge in [-0.2, -0.15) is 0 Å². The molecule has 6 rings (SSSR count). The van der Waals surface area contributed by atoms with Gasteiger partial charge in [0.15, 0.2) is 23.1 Å². The summed E-state index contributed by atoms with van der Waals surface area (Å²) in [5, 5.41) is 2.19. The molecule has 0 spiro atoms. The summed E-state index contributed by atoms with van der Waals surface area (Å²) >= 11 is 1.53. The largest absolute Gasteiger partial charge is 0.484 e. The molecule has 1 aromatic heterocycles. The molecule has 3 atom stereocenters. The van der Waals surface area contributed by atoms with Crippen LogP contribution in [-0.4, -0.2) is 51.7 Å². The van der Waals surface area contributed by atoms with Crippen LogP contribution in [-0.2, 0) is 19.1 Å². The van der Waals surface area contributed by atoms with Crippen molar-refractivity contribution in [2.75, 3.05) is 6.61 Å². The predicted molar refractivity (Wildman–Crippen MR) is 187 cm³/mol. The number of rotatable bonds is 13. The zero-order chi connectivity index (χ0) is 32.8. The zero-order valence-electron chi connectivity index (χ0n) is 25.4. The summed E-state index contributed by atoms with van der Waals surface area (Å²) in [7, 11) is 2.74. The molecule has 2 amide bonds. The second-order valence-electron chi connectivity index (χ2n) is 10.8. The third-order valence-corrected chi connectivity index (χ3v) is 11.4.